The van der Waals surface area contributed by atoms with E-state index in [1.807, 2.05) is 4.90 Å². The molecule has 0 aromatic rings. The normalized spacial score (nSPS) is 18.3. The SMILES string of the molecule is O=C(O)CN(CCO)C1CCCC1. The molecule has 2 N–H and O–H groups in total. The molecule has 13 heavy (non-hydrogen) atoms. The van der Waals surface area contributed by atoms with Gasteiger partial charge in [-0.05, 0) is 12.8 Å². The van der Waals surface area contributed by atoms with Crippen molar-refractivity contribution < 1.29 is 15.0 Å². The lowest BCUT2D eigenvalue weighted by atomic mass is 10.2. The number of aliphatic hydroxyl groups excluding tert-OH is 1. The van der Waals surface area contributed by atoms with Gasteiger partial charge in [0.15, 0.2) is 0 Å². The van der Waals surface area contributed by atoms with Crippen LogP contribution in [0.1, 0.15) is 25.7 Å². The highest BCUT2D eigenvalue weighted by atomic mass is 16.4. The predicted molar refractivity (Wildman–Crippen MR) is 48.6 cm³/mol. The minimum atomic E-state index is -0.805. The van der Waals surface area contributed by atoms with Crippen molar-refractivity contribution in [3.63, 3.8) is 0 Å². The summed E-state index contributed by atoms with van der Waals surface area (Å²) in [5.41, 5.74) is 0. The van der Waals surface area contributed by atoms with Crippen molar-refractivity contribution in [3.05, 3.63) is 0 Å². The van der Waals surface area contributed by atoms with Crippen LogP contribution in [0.4, 0.5) is 0 Å². The van der Waals surface area contributed by atoms with Gasteiger partial charge in [-0.15, -0.1) is 0 Å². The highest BCUT2D eigenvalue weighted by Gasteiger charge is 2.23. The maximum absolute atomic E-state index is 10.5. The first-order valence-electron chi connectivity index (χ1n) is 4.80. The molecule has 1 fully saturated rings. The first-order valence-corrected chi connectivity index (χ1v) is 4.80. The molecule has 4 heteroatoms. The molecule has 1 saturated carbocycles. The Labute approximate surface area is 78.2 Å². The molecule has 0 radical (unpaired) electrons. The molecule has 0 heterocycles. The second-order valence-corrected chi connectivity index (χ2v) is 3.53. The van der Waals surface area contributed by atoms with E-state index in [-0.39, 0.29) is 13.2 Å². The molecule has 1 aliphatic carbocycles. The fourth-order valence-electron chi connectivity index (χ4n) is 1.96. The molecule has 0 aliphatic heterocycles. The number of nitrogens with zero attached hydrogens (tertiary/aromatic N) is 1. The Hall–Kier alpha value is -0.610. The standard InChI is InChI=1S/C9H17NO3/c11-6-5-10(7-9(12)13)8-3-1-2-4-8/h8,11H,1-7H2,(H,12,13). The van der Waals surface area contributed by atoms with Crippen LogP contribution >= 0.6 is 0 Å². The zero-order valence-corrected chi connectivity index (χ0v) is 7.78. The van der Waals surface area contributed by atoms with Crippen LogP contribution in [-0.4, -0.2) is 46.8 Å². The molecule has 0 aromatic heterocycles. The van der Waals surface area contributed by atoms with Crippen LogP contribution in [-0.2, 0) is 4.79 Å². The Morgan fingerprint density at radius 2 is 2.00 bits per heavy atom. The van der Waals surface area contributed by atoms with Crippen molar-refractivity contribution in [2.24, 2.45) is 0 Å². The number of carbonyl (C=O) groups is 1. The van der Waals surface area contributed by atoms with E-state index in [4.69, 9.17) is 10.2 Å². The second kappa shape index (κ2) is 5.19. The van der Waals surface area contributed by atoms with Gasteiger partial charge in [0, 0.05) is 12.6 Å². The largest absolute Gasteiger partial charge is 0.480 e. The van der Waals surface area contributed by atoms with Gasteiger partial charge in [0.2, 0.25) is 0 Å². The molecule has 0 saturated heterocycles. The summed E-state index contributed by atoms with van der Waals surface area (Å²) in [6, 6.07) is 0.378. The van der Waals surface area contributed by atoms with Gasteiger partial charge in [0.05, 0.1) is 13.2 Å². The number of carboxylic acid groups (broad SMARTS) is 1. The highest BCUT2D eigenvalue weighted by molar-refractivity contribution is 5.69. The molecular weight excluding hydrogens is 170 g/mol. The fourth-order valence-corrected chi connectivity index (χ4v) is 1.96. The number of aliphatic carboxylic acids is 1. The van der Waals surface area contributed by atoms with Gasteiger partial charge in [-0.25, -0.2) is 0 Å². The number of rotatable bonds is 5. The number of aliphatic hydroxyl groups is 1. The summed E-state index contributed by atoms with van der Waals surface area (Å²) >= 11 is 0. The van der Waals surface area contributed by atoms with E-state index < -0.39 is 5.97 Å². The van der Waals surface area contributed by atoms with E-state index in [2.05, 4.69) is 0 Å². The first-order chi connectivity index (χ1) is 6.24. The fraction of sp³-hybridized carbons (Fsp3) is 0.889. The minimum Gasteiger partial charge on any atom is -0.480 e. The van der Waals surface area contributed by atoms with Crippen LogP contribution in [0.15, 0.2) is 0 Å². The van der Waals surface area contributed by atoms with Gasteiger partial charge in [-0.1, -0.05) is 12.8 Å². The highest BCUT2D eigenvalue weighted by Crippen LogP contribution is 2.22. The Morgan fingerprint density at radius 3 is 2.46 bits per heavy atom. The smallest absolute Gasteiger partial charge is 0.317 e. The molecule has 1 rings (SSSR count). The van der Waals surface area contributed by atoms with Crippen molar-refractivity contribution in [3.8, 4) is 0 Å². The summed E-state index contributed by atoms with van der Waals surface area (Å²) in [5.74, 6) is -0.805. The molecule has 76 valence electrons. The Morgan fingerprint density at radius 1 is 1.38 bits per heavy atom. The van der Waals surface area contributed by atoms with Crippen LogP contribution in [0, 0.1) is 0 Å². The zero-order chi connectivity index (χ0) is 9.68. The van der Waals surface area contributed by atoms with Crippen LogP contribution in [0.25, 0.3) is 0 Å². The predicted octanol–water partition coefficient (Wildman–Crippen LogP) is 0.308. The van der Waals surface area contributed by atoms with E-state index in [0.717, 1.165) is 12.8 Å². The van der Waals surface area contributed by atoms with Crippen molar-refractivity contribution in [2.75, 3.05) is 19.7 Å². The van der Waals surface area contributed by atoms with Crippen molar-refractivity contribution in [1.82, 2.24) is 4.90 Å². The van der Waals surface area contributed by atoms with E-state index in [1.54, 1.807) is 0 Å². The Bertz CT molecular complexity index is 166. The second-order valence-electron chi connectivity index (χ2n) is 3.53. The summed E-state index contributed by atoms with van der Waals surface area (Å²) in [4.78, 5) is 12.4. The molecule has 0 bridgehead atoms. The summed E-state index contributed by atoms with van der Waals surface area (Å²) in [6.07, 6.45) is 4.53. The maximum Gasteiger partial charge on any atom is 0.317 e. The van der Waals surface area contributed by atoms with Crippen molar-refractivity contribution >= 4 is 5.97 Å². The van der Waals surface area contributed by atoms with Gasteiger partial charge in [0.25, 0.3) is 0 Å². The average molecular weight is 187 g/mol. The summed E-state index contributed by atoms with van der Waals surface area (Å²) in [6.45, 7) is 0.589. The van der Waals surface area contributed by atoms with E-state index >= 15 is 0 Å². The van der Waals surface area contributed by atoms with E-state index in [1.165, 1.54) is 12.8 Å². The topological polar surface area (TPSA) is 60.8 Å². The Balaban J connectivity index is 2.39. The van der Waals surface area contributed by atoms with E-state index in [9.17, 15) is 4.79 Å². The van der Waals surface area contributed by atoms with Gasteiger partial charge in [-0.2, -0.15) is 0 Å². The minimum absolute atomic E-state index is 0.0454. The van der Waals surface area contributed by atoms with Crippen LogP contribution < -0.4 is 0 Å². The van der Waals surface area contributed by atoms with Crippen LogP contribution in [0.5, 0.6) is 0 Å². The zero-order valence-electron chi connectivity index (χ0n) is 7.78. The number of hydrogen-bond acceptors (Lipinski definition) is 3. The molecular formula is C9H17NO3. The average Bonchev–Trinajstić information content (AvgIpc) is 2.54. The lowest BCUT2D eigenvalue weighted by Crippen LogP contribution is -2.39. The third kappa shape index (κ3) is 3.32. The molecule has 1 aliphatic rings. The summed E-state index contributed by atoms with van der Waals surface area (Å²) in [5, 5.41) is 17.4. The monoisotopic (exact) mass is 187 g/mol. The van der Waals surface area contributed by atoms with Gasteiger partial charge < -0.3 is 10.2 Å². The maximum atomic E-state index is 10.5. The van der Waals surface area contributed by atoms with Gasteiger partial charge in [-0.3, -0.25) is 9.69 Å². The van der Waals surface area contributed by atoms with Crippen molar-refractivity contribution in [2.45, 2.75) is 31.7 Å². The molecule has 0 atom stereocenters. The molecule has 0 unspecified atom stereocenters. The van der Waals surface area contributed by atoms with Gasteiger partial charge in [0.1, 0.15) is 0 Å². The van der Waals surface area contributed by atoms with E-state index in [0.29, 0.717) is 12.6 Å². The quantitative estimate of drug-likeness (QED) is 0.650. The molecule has 0 amide bonds. The van der Waals surface area contributed by atoms with Crippen molar-refractivity contribution in [1.29, 1.82) is 0 Å². The number of hydrogen-bond donors (Lipinski definition) is 2. The molecule has 0 aromatic carbocycles. The summed E-state index contributed by atoms with van der Waals surface area (Å²) in [7, 11) is 0. The molecule has 0 spiro atoms. The van der Waals surface area contributed by atoms with Gasteiger partial charge >= 0.3 is 5.97 Å². The third-order valence-corrected chi connectivity index (χ3v) is 2.57. The number of carboxylic acids is 1. The lowest BCUT2D eigenvalue weighted by molar-refractivity contribution is -0.139. The Kier molecular flexibility index (Phi) is 4.18. The molecule has 4 nitrogen and oxygen atoms in total. The first kappa shape index (κ1) is 10.5. The summed E-state index contributed by atoms with van der Waals surface area (Å²) < 4.78 is 0. The lowest BCUT2D eigenvalue weighted by Gasteiger charge is -2.25. The third-order valence-electron chi connectivity index (χ3n) is 2.57. The van der Waals surface area contributed by atoms with Crippen LogP contribution in [0.3, 0.4) is 0 Å². The van der Waals surface area contributed by atoms with Crippen LogP contribution in [0.2, 0.25) is 0 Å².